The van der Waals surface area contributed by atoms with Gasteiger partial charge in [-0.05, 0) is 47.8 Å². The van der Waals surface area contributed by atoms with Gasteiger partial charge in [0.1, 0.15) is 0 Å². The van der Waals surface area contributed by atoms with Gasteiger partial charge in [-0.2, -0.15) is 0 Å². The molecule has 0 nitrogen and oxygen atoms in total. The van der Waals surface area contributed by atoms with E-state index in [0.717, 1.165) is 17.8 Å². The van der Waals surface area contributed by atoms with Crippen LogP contribution >= 0.6 is 0 Å². The first-order chi connectivity index (χ1) is 5.83. The van der Waals surface area contributed by atoms with Gasteiger partial charge in [0.15, 0.2) is 0 Å². The van der Waals surface area contributed by atoms with Gasteiger partial charge in [-0.1, -0.05) is 34.6 Å². The molecule has 3 saturated carbocycles. The lowest BCUT2D eigenvalue weighted by Crippen LogP contribution is -2.55. The van der Waals surface area contributed by atoms with Crippen LogP contribution in [0.25, 0.3) is 0 Å². The van der Waals surface area contributed by atoms with E-state index in [2.05, 4.69) is 34.6 Å². The summed E-state index contributed by atoms with van der Waals surface area (Å²) < 4.78 is 0. The van der Waals surface area contributed by atoms with Crippen molar-refractivity contribution in [2.24, 2.45) is 28.6 Å². The summed E-state index contributed by atoms with van der Waals surface area (Å²) in [5.41, 5.74) is 1.20. The molecule has 0 aromatic rings. The van der Waals surface area contributed by atoms with E-state index in [4.69, 9.17) is 0 Å². The quantitative estimate of drug-likeness (QED) is 0.526. The number of rotatable bonds is 0. The highest BCUT2D eigenvalue weighted by atomic mass is 14.6. The van der Waals surface area contributed by atoms with Gasteiger partial charge in [0.2, 0.25) is 0 Å². The topological polar surface area (TPSA) is 0 Å². The van der Waals surface area contributed by atoms with Crippen LogP contribution in [-0.4, -0.2) is 0 Å². The Hall–Kier alpha value is 0. The van der Waals surface area contributed by atoms with Crippen LogP contribution < -0.4 is 0 Å². The van der Waals surface area contributed by atoms with Crippen molar-refractivity contribution < 1.29 is 0 Å². The molecular weight excluding hydrogens is 156 g/mol. The highest BCUT2D eigenvalue weighted by Crippen LogP contribution is 2.64. The van der Waals surface area contributed by atoms with Crippen molar-refractivity contribution >= 4 is 0 Å². The fourth-order valence-electron chi connectivity index (χ4n) is 3.85. The highest BCUT2D eigenvalue weighted by Gasteiger charge is 2.56. The first-order valence-corrected chi connectivity index (χ1v) is 5.83. The second-order valence-electron chi connectivity index (χ2n) is 6.91. The van der Waals surface area contributed by atoms with Crippen LogP contribution in [0, 0.1) is 28.6 Å². The Morgan fingerprint density at radius 2 is 1.69 bits per heavy atom. The van der Waals surface area contributed by atoms with Crippen LogP contribution in [-0.2, 0) is 0 Å². The Morgan fingerprint density at radius 1 is 1.08 bits per heavy atom. The van der Waals surface area contributed by atoms with Gasteiger partial charge in [-0.15, -0.1) is 0 Å². The molecule has 3 aliphatic rings. The second-order valence-corrected chi connectivity index (χ2v) is 6.91. The van der Waals surface area contributed by atoms with Crippen LogP contribution in [0.5, 0.6) is 0 Å². The van der Waals surface area contributed by atoms with Crippen molar-refractivity contribution in [3.8, 4) is 0 Å². The third-order valence-electron chi connectivity index (χ3n) is 4.97. The van der Waals surface area contributed by atoms with Crippen molar-refractivity contribution in [3.05, 3.63) is 0 Å². The lowest BCUT2D eigenvalue weighted by molar-refractivity contribution is -0.134. The molecule has 0 radical (unpaired) electrons. The Balaban J connectivity index is 2.16. The van der Waals surface area contributed by atoms with Crippen LogP contribution in [0.2, 0.25) is 0 Å². The largest absolute Gasteiger partial charge is 0.0599 e. The molecular formula is C13H24. The molecule has 0 aromatic carbocycles. The normalized spacial score (nSPS) is 42.7. The van der Waals surface area contributed by atoms with Gasteiger partial charge in [0, 0.05) is 0 Å². The highest BCUT2D eigenvalue weighted by molar-refractivity contribution is 5.05. The molecule has 0 heterocycles. The molecule has 0 amide bonds. The molecule has 0 saturated heterocycles. The van der Waals surface area contributed by atoms with E-state index in [-0.39, 0.29) is 0 Å². The Morgan fingerprint density at radius 3 is 2.00 bits per heavy atom. The predicted octanol–water partition coefficient (Wildman–Crippen LogP) is 4.10. The number of hydrogen-bond acceptors (Lipinski definition) is 0. The molecule has 0 aliphatic heterocycles. The van der Waals surface area contributed by atoms with E-state index in [1.807, 2.05) is 0 Å². The maximum absolute atomic E-state index is 2.49. The van der Waals surface area contributed by atoms with Crippen molar-refractivity contribution in [2.45, 2.75) is 53.9 Å². The lowest BCUT2D eigenvalue weighted by atomic mass is 9.42. The fourth-order valence-corrected chi connectivity index (χ4v) is 3.85. The number of hydrogen-bond donors (Lipinski definition) is 0. The smallest absolute Gasteiger partial charge is 0.0295 e. The minimum Gasteiger partial charge on any atom is -0.0599 e. The molecule has 0 spiro atoms. The van der Waals surface area contributed by atoms with Crippen LogP contribution in [0.3, 0.4) is 0 Å². The molecule has 0 heteroatoms. The first kappa shape index (κ1) is 9.55. The molecule has 3 atom stereocenters. The van der Waals surface area contributed by atoms with E-state index in [1.165, 1.54) is 19.3 Å². The number of fused-ring (bicyclic) bond motifs is 2. The SMILES string of the molecule is CC(C)(C)C1CC[C@@H]2C[C@H]1C2(C)C. The Labute approximate surface area is 83.1 Å². The molecule has 3 rings (SSSR count). The summed E-state index contributed by atoms with van der Waals surface area (Å²) in [4.78, 5) is 0. The van der Waals surface area contributed by atoms with E-state index in [9.17, 15) is 0 Å². The average molecular weight is 180 g/mol. The molecule has 3 fully saturated rings. The van der Waals surface area contributed by atoms with E-state index in [1.54, 1.807) is 0 Å². The molecule has 0 N–H and O–H groups in total. The minimum atomic E-state index is 0.535. The molecule has 1 unspecified atom stereocenters. The van der Waals surface area contributed by atoms with E-state index in [0.29, 0.717) is 10.8 Å². The fraction of sp³-hybridized carbons (Fsp3) is 1.00. The average Bonchev–Trinajstić information content (AvgIpc) is 2.02. The minimum absolute atomic E-state index is 0.535. The van der Waals surface area contributed by atoms with Crippen molar-refractivity contribution in [3.63, 3.8) is 0 Å². The summed E-state index contributed by atoms with van der Waals surface area (Å²) in [6, 6.07) is 0. The maximum Gasteiger partial charge on any atom is -0.0295 e. The van der Waals surface area contributed by atoms with Gasteiger partial charge < -0.3 is 0 Å². The van der Waals surface area contributed by atoms with Crippen molar-refractivity contribution in [2.75, 3.05) is 0 Å². The van der Waals surface area contributed by atoms with E-state index < -0.39 is 0 Å². The lowest BCUT2D eigenvalue weighted by Gasteiger charge is -2.62. The van der Waals surface area contributed by atoms with Crippen molar-refractivity contribution in [1.29, 1.82) is 0 Å². The predicted molar refractivity (Wildman–Crippen MR) is 57.6 cm³/mol. The van der Waals surface area contributed by atoms with Crippen molar-refractivity contribution in [1.82, 2.24) is 0 Å². The zero-order chi connectivity index (χ0) is 9.85. The molecule has 2 bridgehead atoms. The van der Waals surface area contributed by atoms with Gasteiger partial charge in [0.25, 0.3) is 0 Å². The van der Waals surface area contributed by atoms with Crippen LogP contribution in [0.4, 0.5) is 0 Å². The zero-order valence-corrected chi connectivity index (χ0v) is 9.85. The molecule has 3 aliphatic carbocycles. The third-order valence-corrected chi connectivity index (χ3v) is 4.97. The van der Waals surface area contributed by atoms with Crippen LogP contribution in [0.15, 0.2) is 0 Å². The summed E-state index contributed by atoms with van der Waals surface area (Å²) in [6.45, 7) is 12.2. The Kier molecular flexibility index (Phi) is 1.85. The molecule has 13 heavy (non-hydrogen) atoms. The summed E-state index contributed by atoms with van der Waals surface area (Å²) in [6.07, 6.45) is 4.50. The summed E-state index contributed by atoms with van der Waals surface area (Å²) >= 11 is 0. The molecule has 76 valence electrons. The monoisotopic (exact) mass is 180 g/mol. The Bertz CT molecular complexity index is 205. The standard InChI is InChI=1S/C13H24/c1-12(2,3)10-7-6-9-8-11(10)13(9,4)5/h9-11H,6-8H2,1-5H3/t9-,10?,11-/m1/s1. The van der Waals surface area contributed by atoms with Crippen LogP contribution in [0.1, 0.15) is 53.9 Å². The third kappa shape index (κ3) is 1.25. The molecule has 0 aromatic heterocycles. The first-order valence-electron chi connectivity index (χ1n) is 5.83. The maximum atomic E-state index is 2.49. The second kappa shape index (κ2) is 2.52. The van der Waals surface area contributed by atoms with E-state index >= 15 is 0 Å². The summed E-state index contributed by atoms with van der Waals surface area (Å²) in [5, 5.41) is 0. The summed E-state index contributed by atoms with van der Waals surface area (Å²) in [7, 11) is 0. The van der Waals surface area contributed by atoms with Gasteiger partial charge in [0.05, 0.1) is 0 Å². The van der Waals surface area contributed by atoms with Gasteiger partial charge in [-0.25, -0.2) is 0 Å². The van der Waals surface area contributed by atoms with Gasteiger partial charge in [-0.3, -0.25) is 0 Å². The zero-order valence-electron chi connectivity index (χ0n) is 9.85. The van der Waals surface area contributed by atoms with Gasteiger partial charge >= 0.3 is 0 Å². The summed E-state index contributed by atoms with van der Waals surface area (Å²) in [5.74, 6) is 3.05.